The number of benzene rings is 1. The lowest BCUT2D eigenvalue weighted by molar-refractivity contribution is 0.0577. The first-order valence-electron chi connectivity index (χ1n) is 5.72. The third-order valence-corrected chi connectivity index (χ3v) is 5.42. The number of hydrogen-bond donors (Lipinski definition) is 0. The molecule has 1 aliphatic rings. The molecular formula is C12H14Cl2O3S. The normalized spacial score (nSPS) is 25.0. The molecule has 1 aliphatic heterocycles. The molecule has 3 nitrogen and oxygen atoms in total. The van der Waals surface area contributed by atoms with Crippen LogP contribution < -0.4 is 0 Å². The molecule has 6 heteroatoms. The Morgan fingerprint density at radius 1 is 1.39 bits per heavy atom. The van der Waals surface area contributed by atoms with Gasteiger partial charge in [0.25, 0.3) is 0 Å². The summed E-state index contributed by atoms with van der Waals surface area (Å²) in [5, 5.41) is 0.112. The quantitative estimate of drug-likeness (QED) is 0.806. The van der Waals surface area contributed by atoms with Crippen molar-refractivity contribution in [3.8, 4) is 0 Å². The second kappa shape index (κ2) is 5.78. The van der Waals surface area contributed by atoms with Gasteiger partial charge in [-0.3, -0.25) is 0 Å². The molecule has 0 spiro atoms. The van der Waals surface area contributed by atoms with Crippen LogP contribution in [-0.2, 0) is 20.2 Å². The average molecular weight is 309 g/mol. The summed E-state index contributed by atoms with van der Waals surface area (Å²) in [5.74, 6) is -0.111. The summed E-state index contributed by atoms with van der Waals surface area (Å²) in [4.78, 5) is 0. The highest BCUT2D eigenvalue weighted by molar-refractivity contribution is 8.14. The first-order valence-corrected chi connectivity index (χ1v) is 8.47. The van der Waals surface area contributed by atoms with Crippen LogP contribution in [0.15, 0.2) is 24.3 Å². The maximum absolute atomic E-state index is 11.5. The lowest BCUT2D eigenvalue weighted by Gasteiger charge is -2.29. The lowest BCUT2D eigenvalue weighted by atomic mass is 9.94. The summed E-state index contributed by atoms with van der Waals surface area (Å²) in [6.07, 6.45) is 1.06. The van der Waals surface area contributed by atoms with E-state index in [9.17, 15) is 8.42 Å². The van der Waals surface area contributed by atoms with E-state index in [4.69, 9.17) is 27.0 Å². The van der Waals surface area contributed by atoms with E-state index in [0.29, 0.717) is 31.1 Å². The van der Waals surface area contributed by atoms with Gasteiger partial charge in [0.05, 0.1) is 11.9 Å². The molecule has 0 bridgehead atoms. The Morgan fingerprint density at radius 3 is 2.83 bits per heavy atom. The van der Waals surface area contributed by atoms with Gasteiger partial charge in [-0.05, 0) is 30.5 Å². The Hall–Kier alpha value is -0.290. The number of rotatable bonds is 3. The van der Waals surface area contributed by atoms with E-state index in [0.717, 1.165) is 5.56 Å². The van der Waals surface area contributed by atoms with E-state index in [1.54, 1.807) is 6.07 Å². The summed E-state index contributed by atoms with van der Waals surface area (Å²) < 4.78 is 28.4. The molecule has 1 fully saturated rings. The molecule has 1 aromatic rings. The molecule has 18 heavy (non-hydrogen) atoms. The van der Waals surface area contributed by atoms with Crippen molar-refractivity contribution >= 4 is 31.3 Å². The zero-order valence-electron chi connectivity index (χ0n) is 9.68. The van der Waals surface area contributed by atoms with Crippen molar-refractivity contribution in [1.82, 2.24) is 0 Å². The minimum Gasteiger partial charge on any atom is -0.381 e. The van der Waals surface area contributed by atoms with Crippen LogP contribution in [0.1, 0.15) is 12.0 Å². The van der Waals surface area contributed by atoms with Gasteiger partial charge in [0.15, 0.2) is 0 Å². The first-order chi connectivity index (χ1) is 8.47. The van der Waals surface area contributed by atoms with E-state index >= 15 is 0 Å². The van der Waals surface area contributed by atoms with Crippen LogP contribution >= 0.6 is 22.3 Å². The van der Waals surface area contributed by atoms with Gasteiger partial charge in [0.2, 0.25) is 9.05 Å². The monoisotopic (exact) mass is 308 g/mol. The maximum Gasteiger partial charge on any atom is 0.235 e. The van der Waals surface area contributed by atoms with Crippen LogP contribution in [0.25, 0.3) is 0 Å². The van der Waals surface area contributed by atoms with Crippen LogP contribution in [0.5, 0.6) is 0 Å². The number of hydrogen-bond acceptors (Lipinski definition) is 3. The fourth-order valence-corrected chi connectivity index (χ4v) is 4.23. The summed E-state index contributed by atoms with van der Waals surface area (Å²) in [6, 6.07) is 7.41. The highest BCUT2D eigenvalue weighted by Gasteiger charge is 2.34. The highest BCUT2D eigenvalue weighted by atomic mass is 35.7. The van der Waals surface area contributed by atoms with Crippen LogP contribution in [-0.4, -0.2) is 26.9 Å². The Labute approximate surface area is 116 Å². The zero-order valence-corrected chi connectivity index (χ0v) is 12.0. The third kappa shape index (κ3) is 3.60. The molecule has 2 atom stereocenters. The van der Waals surface area contributed by atoms with Crippen LogP contribution in [0.4, 0.5) is 0 Å². The fourth-order valence-electron chi connectivity index (χ4n) is 2.30. The molecule has 0 N–H and O–H groups in total. The first kappa shape index (κ1) is 14.1. The molecule has 0 radical (unpaired) electrons. The van der Waals surface area contributed by atoms with Gasteiger partial charge in [-0.1, -0.05) is 23.7 Å². The maximum atomic E-state index is 11.5. The summed E-state index contributed by atoms with van der Waals surface area (Å²) in [7, 11) is 1.95. The van der Waals surface area contributed by atoms with E-state index in [1.807, 2.05) is 18.2 Å². The van der Waals surface area contributed by atoms with Crippen molar-refractivity contribution in [1.29, 1.82) is 0 Å². The molecule has 1 heterocycles. The molecule has 0 saturated carbocycles. The SMILES string of the molecule is O=S(=O)(Cl)C1CCOCC1Cc1cccc(Cl)c1. The molecule has 0 aromatic heterocycles. The Balaban J connectivity index is 2.15. The van der Waals surface area contributed by atoms with Crippen molar-refractivity contribution < 1.29 is 13.2 Å². The minimum atomic E-state index is -3.55. The predicted molar refractivity (Wildman–Crippen MR) is 72.6 cm³/mol. The largest absolute Gasteiger partial charge is 0.381 e. The molecule has 2 rings (SSSR count). The third-order valence-electron chi connectivity index (χ3n) is 3.15. The number of halogens is 2. The second-order valence-electron chi connectivity index (χ2n) is 4.47. The lowest BCUT2D eigenvalue weighted by Crippen LogP contribution is -2.37. The Kier molecular flexibility index (Phi) is 4.54. The Morgan fingerprint density at radius 2 is 2.17 bits per heavy atom. The van der Waals surface area contributed by atoms with Gasteiger partial charge in [-0.15, -0.1) is 0 Å². The highest BCUT2D eigenvalue weighted by Crippen LogP contribution is 2.28. The van der Waals surface area contributed by atoms with Gasteiger partial charge < -0.3 is 4.74 Å². The van der Waals surface area contributed by atoms with Gasteiger partial charge >= 0.3 is 0 Å². The van der Waals surface area contributed by atoms with Crippen LogP contribution in [0.2, 0.25) is 5.02 Å². The van der Waals surface area contributed by atoms with Crippen LogP contribution in [0.3, 0.4) is 0 Å². The predicted octanol–water partition coefficient (Wildman–Crippen LogP) is 2.86. The van der Waals surface area contributed by atoms with E-state index in [-0.39, 0.29) is 5.92 Å². The molecule has 1 aromatic carbocycles. The van der Waals surface area contributed by atoms with Crippen molar-refractivity contribution in [3.05, 3.63) is 34.9 Å². The van der Waals surface area contributed by atoms with Gasteiger partial charge in [0, 0.05) is 28.2 Å². The molecule has 100 valence electrons. The van der Waals surface area contributed by atoms with E-state index in [1.165, 1.54) is 0 Å². The van der Waals surface area contributed by atoms with Crippen LogP contribution in [0, 0.1) is 5.92 Å². The van der Waals surface area contributed by atoms with E-state index in [2.05, 4.69) is 0 Å². The topological polar surface area (TPSA) is 43.4 Å². The molecule has 1 saturated heterocycles. The van der Waals surface area contributed by atoms with Crippen molar-refractivity contribution in [2.45, 2.75) is 18.1 Å². The summed E-state index contributed by atoms with van der Waals surface area (Å²) in [6.45, 7) is 0.867. The van der Waals surface area contributed by atoms with Crippen molar-refractivity contribution in [2.75, 3.05) is 13.2 Å². The standard InChI is InChI=1S/C12H14Cl2O3S/c13-11-3-1-2-9(7-11)6-10-8-17-5-4-12(10)18(14,15)16/h1-3,7,10,12H,4-6,8H2. The summed E-state index contributed by atoms with van der Waals surface area (Å²) >= 11 is 5.91. The Bertz CT molecular complexity index is 516. The summed E-state index contributed by atoms with van der Waals surface area (Å²) in [5.41, 5.74) is 1.00. The zero-order chi connectivity index (χ0) is 13.2. The minimum absolute atomic E-state index is 0.111. The second-order valence-corrected chi connectivity index (χ2v) is 7.76. The molecule has 0 amide bonds. The van der Waals surface area contributed by atoms with Gasteiger partial charge in [-0.25, -0.2) is 8.42 Å². The van der Waals surface area contributed by atoms with E-state index < -0.39 is 14.3 Å². The smallest absolute Gasteiger partial charge is 0.235 e. The van der Waals surface area contributed by atoms with Gasteiger partial charge in [-0.2, -0.15) is 0 Å². The van der Waals surface area contributed by atoms with Crippen molar-refractivity contribution in [2.24, 2.45) is 5.92 Å². The molecule has 2 unspecified atom stereocenters. The average Bonchev–Trinajstić information content (AvgIpc) is 2.28. The fraction of sp³-hybridized carbons (Fsp3) is 0.500. The molecule has 0 aliphatic carbocycles. The molecular weight excluding hydrogens is 295 g/mol. The number of ether oxygens (including phenoxy) is 1. The van der Waals surface area contributed by atoms with Gasteiger partial charge in [0.1, 0.15) is 0 Å². The van der Waals surface area contributed by atoms with Crippen molar-refractivity contribution in [3.63, 3.8) is 0 Å².